The number of fused-ring (bicyclic) bond motifs is 1. The molecule has 3 aromatic heterocycles. The van der Waals surface area contributed by atoms with Crippen LogP contribution >= 0.6 is 0 Å². The number of rotatable bonds is 4. The SMILES string of the molecule is Cc1cnc2c(c1)CN(c1nnc(C(=O)NCc3ccncc3C)c(C)c1C)CC2. The lowest BCUT2D eigenvalue weighted by atomic mass is 10.0. The van der Waals surface area contributed by atoms with Crippen LogP contribution in [0.25, 0.3) is 0 Å². The highest BCUT2D eigenvalue weighted by Gasteiger charge is 2.23. The summed E-state index contributed by atoms with van der Waals surface area (Å²) in [6.45, 7) is 10.0. The normalized spacial score (nSPS) is 13.1. The minimum absolute atomic E-state index is 0.213. The van der Waals surface area contributed by atoms with Crippen LogP contribution in [0.5, 0.6) is 0 Å². The van der Waals surface area contributed by atoms with Gasteiger partial charge in [-0.1, -0.05) is 6.07 Å². The van der Waals surface area contributed by atoms with Gasteiger partial charge in [0.1, 0.15) is 0 Å². The van der Waals surface area contributed by atoms with Crippen molar-refractivity contribution in [2.75, 3.05) is 11.4 Å². The van der Waals surface area contributed by atoms with Crippen molar-refractivity contribution in [1.82, 2.24) is 25.5 Å². The van der Waals surface area contributed by atoms with Crippen molar-refractivity contribution in [3.8, 4) is 0 Å². The van der Waals surface area contributed by atoms with Gasteiger partial charge in [0.25, 0.3) is 5.91 Å². The summed E-state index contributed by atoms with van der Waals surface area (Å²) < 4.78 is 0. The van der Waals surface area contributed by atoms with E-state index < -0.39 is 0 Å². The Labute approximate surface area is 176 Å². The summed E-state index contributed by atoms with van der Waals surface area (Å²) in [5.41, 5.74) is 7.84. The molecule has 0 unspecified atom stereocenters. The fourth-order valence-electron chi connectivity index (χ4n) is 3.79. The van der Waals surface area contributed by atoms with E-state index in [1.165, 1.54) is 5.56 Å². The van der Waals surface area contributed by atoms with Crippen molar-refractivity contribution in [2.45, 2.75) is 47.2 Å². The summed E-state index contributed by atoms with van der Waals surface area (Å²) in [7, 11) is 0. The van der Waals surface area contributed by atoms with Crippen molar-refractivity contribution in [2.24, 2.45) is 0 Å². The molecule has 0 radical (unpaired) electrons. The van der Waals surface area contributed by atoms with Gasteiger partial charge >= 0.3 is 0 Å². The van der Waals surface area contributed by atoms with Gasteiger partial charge in [0.15, 0.2) is 11.5 Å². The van der Waals surface area contributed by atoms with E-state index in [0.29, 0.717) is 12.2 Å². The number of hydrogen-bond donors (Lipinski definition) is 1. The highest BCUT2D eigenvalue weighted by molar-refractivity contribution is 5.94. The molecular formula is C23H26N6O. The maximum Gasteiger partial charge on any atom is 0.272 e. The number of pyridine rings is 2. The zero-order valence-corrected chi connectivity index (χ0v) is 17.9. The summed E-state index contributed by atoms with van der Waals surface area (Å²) in [4.78, 5) is 23.6. The molecule has 0 saturated heterocycles. The van der Waals surface area contributed by atoms with Gasteiger partial charge in [-0.25, -0.2) is 0 Å². The summed E-state index contributed by atoms with van der Waals surface area (Å²) in [6, 6.07) is 4.10. The Bertz CT molecular complexity index is 1110. The Morgan fingerprint density at radius 2 is 1.97 bits per heavy atom. The zero-order chi connectivity index (χ0) is 21.3. The molecule has 0 spiro atoms. The number of hydrogen-bond acceptors (Lipinski definition) is 6. The molecular weight excluding hydrogens is 376 g/mol. The highest BCUT2D eigenvalue weighted by atomic mass is 16.1. The topological polar surface area (TPSA) is 83.9 Å². The summed E-state index contributed by atoms with van der Waals surface area (Å²) in [5.74, 6) is 0.621. The molecule has 7 heteroatoms. The first-order valence-electron chi connectivity index (χ1n) is 10.1. The third-order valence-electron chi connectivity index (χ3n) is 5.76. The van der Waals surface area contributed by atoms with Crippen LogP contribution in [-0.4, -0.2) is 32.6 Å². The molecule has 0 aromatic carbocycles. The lowest BCUT2D eigenvalue weighted by Crippen LogP contribution is -2.33. The van der Waals surface area contributed by atoms with Gasteiger partial charge in [0.2, 0.25) is 0 Å². The predicted octanol–water partition coefficient (Wildman–Crippen LogP) is 2.99. The molecule has 4 heterocycles. The van der Waals surface area contributed by atoms with Crippen LogP contribution in [0.4, 0.5) is 5.82 Å². The third kappa shape index (κ3) is 3.87. The summed E-state index contributed by atoms with van der Waals surface area (Å²) >= 11 is 0. The standard InChI is InChI=1S/C23H26N6O/c1-14-9-19-13-29(8-6-20(19)25-10-14)22-17(4)16(3)21(27-28-22)23(30)26-12-18-5-7-24-11-15(18)2/h5,7,9-11H,6,8,12-13H2,1-4H3,(H,26,30). The van der Waals surface area contributed by atoms with Crippen LogP contribution in [0, 0.1) is 27.7 Å². The average molecular weight is 403 g/mol. The molecule has 1 N–H and O–H groups in total. The van der Waals surface area contributed by atoms with Crippen LogP contribution in [0.3, 0.4) is 0 Å². The molecule has 154 valence electrons. The van der Waals surface area contributed by atoms with Gasteiger partial charge in [-0.05, 0) is 67.1 Å². The molecule has 1 aliphatic rings. The van der Waals surface area contributed by atoms with Gasteiger partial charge < -0.3 is 10.2 Å². The minimum Gasteiger partial charge on any atom is -0.350 e. The van der Waals surface area contributed by atoms with E-state index in [1.807, 2.05) is 33.0 Å². The molecule has 0 atom stereocenters. The molecule has 0 fully saturated rings. The average Bonchev–Trinajstić information content (AvgIpc) is 2.74. The number of carbonyl (C=O) groups is 1. The zero-order valence-electron chi connectivity index (χ0n) is 17.9. The van der Waals surface area contributed by atoms with E-state index in [-0.39, 0.29) is 5.91 Å². The Morgan fingerprint density at radius 1 is 1.13 bits per heavy atom. The molecule has 1 aliphatic heterocycles. The fraction of sp³-hybridized carbons (Fsp3) is 0.348. The fourth-order valence-corrected chi connectivity index (χ4v) is 3.79. The molecule has 3 aromatic rings. The Kier molecular flexibility index (Phi) is 5.44. The van der Waals surface area contributed by atoms with Gasteiger partial charge in [-0.2, -0.15) is 0 Å². The molecule has 0 saturated carbocycles. The second kappa shape index (κ2) is 8.18. The lowest BCUT2D eigenvalue weighted by molar-refractivity contribution is 0.0944. The first-order valence-corrected chi connectivity index (χ1v) is 10.1. The molecule has 4 rings (SSSR count). The Balaban J connectivity index is 1.52. The molecule has 7 nitrogen and oxygen atoms in total. The maximum atomic E-state index is 12.7. The van der Waals surface area contributed by atoms with E-state index in [1.54, 1.807) is 12.4 Å². The van der Waals surface area contributed by atoms with Crippen molar-refractivity contribution in [3.05, 3.63) is 75.5 Å². The van der Waals surface area contributed by atoms with E-state index in [2.05, 4.69) is 43.4 Å². The first-order chi connectivity index (χ1) is 14.4. The van der Waals surface area contributed by atoms with Crippen LogP contribution in [0.2, 0.25) is 0 Å². The number of aromatic nitrogens is 4. The van der Waals surface area contributed by atoms with Crippen LogP contribution < -0.4 is 10.2 Å². The van der Waals surface area contributed by atoms with Gasteiger partial charge in [0.05, 0.1) is 0 Å². The van der Waals surface area contributed by atoms with E-state index in [0.717, 1.165) is 58.8 Å². The second-order valence-electron chi connectivity index (χ2n) is 7.90. The molecule has 0 aliphatic carbocycles. The summed E-state index contributed by atoms with van der Waals surface area (Å²) in [5, 5.41) is 11.7. The third-order valence-corrected chi connectivity index (χ3v) is 5.76. The predicted molar refractivity (Wildman–Crippen MR) is 115 cm³/mol. The van der Waals surface area contributed by atoms with E-state index in [9.17, 15) is 4.79 Å². The molecule has 30 heavy (non-hydrogen) atoms. The number of nitrogens with one attached hydrogen (secondary N) is 1. The molecule has 1 amide bonds. The number of amides is 1. The Hall–Kier alpha value is -3.35. The number of anilines is 1. The lowest BCUT2D eigenvalue weighted by Gasteiger charge is -2.30. The summed E-state index contributed by atoms with van der Waals surface area (Å²) in [6.07, 6.45) is 6.32. The van der Waals surface area contributed by atoms with Crippen molar-refractivity contribution < 1.29 is 4.79 Å². The number of carbonyl (C=O) groups excluding carboxylic acids is 1. The van der Waals surface area contributed by atoms with Gasteiger partial charge in [-0.15, -0.1) is 10.2 Å². The monoisotopic (exact) mass is 402 g/mol. The Morgan fingerprint density at radius 3 is 2.77 bits per heavy atom. The number of aryl methyl sites for hydroxylation is 2. The molecule has 0 bridgehead atoms. The smallest absolute Gasteiger partial charge is 0.272 e. The first kappa shape index (κ1) is 19.9. The quantitative estimate of drug-likeness (QED) is 0.722. The van der Waals surface area contributed by atoms with E-state index >= 15 is 0 Å². The van der Waals surface area contributed by atoms with Gasteiger partial charge in [0, 0.05) is 50.3 Å². The minimum atomic E-state index is -0.213. The highest BCUT2D eigenvalue weighted by Crippen LogP contribution is 2.27. The van der Waals surface area contributed by atoms with E-state index in [4.69, 9.17) is 0 Å². The van der Waals surface area contributed by atoms with Crippen molar-refractivity contribution in [1.29, 1.82) is 0 Å². The number of nitrogens with zero attached hydrogens (tertiary/aromatic N) is 5. The van der Waals surface area contributed by atoms with Crippen LogP contribution in [-0.2, 0) is 19.5 Å². The van der Waals surface area contributed by atoms with Crippen molar-refractivity contribution in [3.63, 3.8) is 0 Å². The largest absolute Gasteiger partial charge is 0.350 e. The second-order valence-corrected chi connectivity index (χ2v) is 7.90. The van der Waals surface area contributed by atoms with Crippen molar-refractivity contribution >= 4 is 11.7 Å². The van der Waals surface area contributed by atoms with Crippen LogP contribution in [0.15, 0.2) is 30.7 Å². The van der Waals surface area contributed by atoms with Crippen LogP contribution in [0.1, 0.15) is 49.6 Å². The maximum absolute atomic E-state index is 12.7. The van der Waals surface area contributed by atoms with Gasteiger partial charge in [-0.3, -0.25) is 14.8 Å².